The first kappa shape index (κ1) is 12.9. The summed E-state index contributed by atoms with van der Waals surface area (Å²) in [4.78, 5) is 11.2. The number of halogens is 1. The minimum atomic E-state index is 0.146. The molecule has 3 heteroatoms. The number of nitrogens with one attached hydrogen (secondary N) is 1. The van der Waals surface area contributed by atoms with E-state index in [1.807, 2.05) is 0 Å². The van der Waals surface area contributed by atoms with Crippen molar-refractivity contribution in [2.24, 2.45) is 5.92 Å². The Labute approximate surface area is 89.6 Å². The summed E-state index contributed by atoms with van der Waals surface area (Å²) >= 11 is 3.24. The minimum Gasteiger partial charge on any atom is -0.354 e. The van der Waals surface area contributed by atoms with Crippen LogP contribution in [0.4, 0.5) is 0 Å². The maximum absolute atomic E-state index is 11.2. The fourth-order valence-electron chi connectivity index (χ4n) is 1.26. The first-order valence-electron chi connectivity index (χ1n) is 4.95. The molecule has 0 fully saturated rings. The van der Waals surface area contributed by atoms with Crippen molar-refractivity contribution < 1.29 is 4.79 Å². The van der Waals surface area contributed by atoms with E-state index in [1.165, 1.54) is 6.42 Å². The molecule has 0 saturated heterocycles. The van der Waals surface area contributed by atoms with Crippen LogP contribution in [-0.4, -0.2) is 17.3 Å². The molecular weight excluding hydrogens is 230 g/mol. The number of hydrogen-bond donors (Lipinski definition) is 1. The molecule has 0 spiro atoms. The van der Waals surface area contributed by atoms with Gasteiger partial charge in [0.1, 0.15) is 0 Å². The van der Waals surface area contributed by atoms with Gasteiger partial charge in [-0.15, -0.1) is 0 Å². The number of alkyl halides is 1. The maximum Gasteiger partial charge on any atom is 0.221 e. The Balaban J connectivity index is 3.60. The average Bonchev–Trinajstić information content (AvgIpc) is 2.04. The molecule has 0 heterocycles. The fourth-order valence-corrected chi connectivity index (χ4v) is 1.62. The Kier molecular flexibility index (Phi) is 7.33. The molecule has 0 aliphatic rings. The van der Waals surface area contributed by atoms with Crippen molar-refractivity contribution in [1.29, 1.82) is 0 Å². The third kappa shape index (κ3) is 7.05. The van der Waals surface area contributed by atoms with Gasteiger partial charge in [0.05, 0.1) is 0 Å². The Morgan fingerprint density at radius 2 is 2.08 bits per heavy atom. The van der Waals surface area contributed by atoms with Crippen molar-refractivity contribution in [2.45, 2.75) is 46.1 Å². The van der Waals surface area contributed by atoms with Gasteiger partial charge in [0.15, 0.2) is 0 Å². The van der Waals surface area contributed by atoms with Crippen LogP contribution >= 0.6 is 15.9 Å². The van der Waals surface area contributed by atoms with E-state index in [0.717, 1.165) is 11.8 Å². The van der Waals surface area contributed by atoms with E-state index in [9.17, 15) is 4.79 Å². The minimum absolute atomic E-state index is 0.146. The van der Waals surface area contributed by atoms with E-state index in [4.69, 9.17) is 0 Å². The number of amides is 1. The van der Waals surface area contributed by atoms with Crippen LogP contribution in [0.2, 0.25) is 0 Å². The van der Waals surface area contributed by atoms with Gasteiger partial charge in [-0.3, -0.25) is 4.79 Å². The molecule has 0 aliphatic carbocycles. The van der Waals surface area contributed by atoms with Gasteiger partial charge in [-0.25, -0.2) is 0 Å². The molecule has 0 bridgehead atoms. The van der Waals surface area contributed by atoms with Crippen molar-refractivity contribution in [3.63, 3.8) is 0 Å². The summed E-state index contributed by atoms with van der Waals surface area (Å²) in [5.74, 6) is 0.840. The third-order valence-corrected chi connectivity index (χ3v) is 2.58. The summed E-state index contributed by atoms with van der Waals surface area (Å²) in [7, 11) is 0. The largest absolute Gasteiger partial charge is 0.354 e. The monoisotopic (exact) mass is 249 g/mol. The first-order chi connectivity index (χ1) is 6.10. The van der Waals surface area contributed by atoms with Crippen molar-refractivity contribution in [3.05, 3.63) is 0 Å². The molecule has 0 aromatic heterocycles. The predicted molar refractivity (Wildman–Crippen MR) is 60.1 cm³/mol. The number of hydrogen-bond acceptors (Lipinski definition) is 1. The molecular formula is C10H20BrNO. The molecule has 78 valence electrons. The standard InChI is InChI=1S/C10H20BrNO/c1-4-8(2)7-9(3)12-10(13)5-6-11/h8-9H,4-7H2,1-3H3,(H,12,13). The second-order valence-electron chi connectivity index (χ2n) is 3.66. The van der Waals surface area contributed by atoms with E-state index in [2.05, 4.69) is 42.0 Å². The van der Waals surface area contributed by atoms with Crippen LogP contribution in [-0.2, 0) is 4.79 Å². The third-order valence-electron chi connectivity index (χ3n) is 2.18. The van der Waals surface area contributed by atoms with E-state index >= 15 is 0 Å². The molecule has 0 aromatic carbocycles. The smallest absolute Gasteiger partial charge is 0.221 e. The van der Waals surface area contributed by atoms with Gasteiger partial charge < -0.3 is 5.32 Å². The highest BCUT2D eigenvalue weighted by atomic mass is 79.9. The lowest BCUT2D eigenvalue weighted by molar-refractivity contribution is -0.121. The van der Waals surface area contributed by atoms with E-state index < -0.39 is 0 Å². The molecule has 0 saturated carbocycles. The second kappa shape index (κ2) is 7.36. The van der Waals surface area contributed by atoms with Crippen LogP contribution in [0.15, 0.2) is 0 Å². The van der Waals surface area contributed by atoms with Crippen LogP contribution in [0.25, 0.3) is 0 Å². The zero-order chi connectivity index (χ0) is 10.3. The Morgan fingerprint density at radius 1 is 1.46 bits per heavy atom. The predicted octanol–water partition coefficient (Wildman–Crippen LogP) is 2.71. The van der Waals surface area contributed by atoms with Crippen molar-refractivity contribution in [2.75, 3.05) is 5.33 Å². The van der Waals surface area contributed by atoms with Gasteiger partial charge in [0.2, 0.25) is 5.91 Å². The zero-order valence-corrected chi connectivity index (χ0v) is 10.4. The molecule has 2 unspecified atom stereocenters. The molecule has 0 rings (SSSR count). The summed E-state index contributed by atoms with van der Waals surface area (Å²) < 4.78 is 0. The zero-order valence-electron chi connectivity index (χ0n) is 8.77. The first-order valence-corrected chi connectivity index (χ1v) is 6.07. The Hall–Kier alpha value is -0.0500. The summed E-state index contributed by atoms with van der Waals surface area (Å²) in [6.45, 7) is 6.46. The van der Waals surface area contributed by atoms with E-state index in [-0.39, 0.29) is 5.91 Å². The molecule has 2 atom stereocenters. The molecule has 0 aromatic rings. The van der Waals surface area contributed by atoms with Gasteiger partial charge >= 0.3 is 0 Å². The molecule has 0 radical (unpaired) electrons. The van der Waals surface area contributed by atoms with Crippen LogP contribution in [0.5, 0.6) is 0 Å². The topological polar surface area (TPSA) is 29.1 Å². The van der Waals surface area contributed by atoms with Gasteiger partial charge in [0.25, 0.3) is 0 Å². The van der Waals surface area contributed by atoms with Gasteiger partial charge in [-0.05, 0) is 19.3 Å². The van der Waals surface area contributed by atoms with Crippen LogP contribution in [0.1, 0.15) is 40.0 Å². The van der Waals surface area contributed by atoms with Gasteiger partial charge in [-0.1, -0.05) is 36.2 Å². The molecule has 1 N–H and O–H groups in total. The van der Waals surface area contributed by atoms with Gasteiger partial charge in [-0.2, -0.15) is 0 Å². The number of carbonyl (C=O) groups excluding carboxylic acids is 1. The van der Waals surface area contributed by atoms with Gasteiger partial charge in [0, 0.05) is 17.8 Å². The van der Waals surface area contributed by atoms with Crippen LogP contribution in [0, 0.1) is 5.92 Å². The molecule has 0 aliphatic heterocycles. The molecule has 13 heavy (non-hydrogen) atoms. The normalized spacial score (nSPS) is 15.1. The van der Waals surface area contributed by atoms with E-state index in [0.29, 0.717) is 18.4 Å². The molecule has 1 amide bonds. The second-order valence-corrected chi connectivity index (χ2v) is 4.45. The fraction of sp³-hybridized carbons (Fsp3) is 0.900. The quantitative estimate of drug-likeness (QED) is 0.721. The van der Waals surface area contributed by atoms with Crippen LogP contribution < -0.4 is 5.32 Å². The lowest BCUT2D eigenvalue weighted by Crippen LogP contribution is -2.33. The van der Waals surface area contributed by atoms with Crippen molar-refractivity contribution in [3.8, 4) is 0 Å². The van der Waals surface area contributed by atoms with Crippen LogP contribution in [0.3, 0.4) is 0 Å². The number of rotatable bonds is 6. The Morgan fingerprint density at radius 3 is 2.54 bits per heavy atom. The average molecular weight is 250 g/mol. The lowest BCUT2D eigenvalue weighted by atomic mass is 10.0. The summed E-state index contributed by atoms with van der Waals surface area (Å²) in [6.07, 6.45) is 2.83. The summed E-state index contributed by atoms with van der Waals surface area (Å²) in [5, 5.41) is 3.72. The molecule has 2 nitrogen and oxygen atoms in total. The van der Waals surface area contributed by atoms with Crippen molar-refractivity contribution >= 4 is 21.8 Å². The summed E-state index contributed by atoms with van der Waals surface area (Å²) in [6, 6.07) is 0.307. The highest BCUT2D eigenvalue weighted by Gasteiger charge is 2.09. The number of carbonyl (C=O) groups is 1. The highest BCUT2D eigenvalue weighted by Crippen LogP contribution is 2.09. The Bertz CT molecular complexity index is 150. The maximum atomic E-state index is 11.2. The highest BCUT2D eigenvalue weighted by molar-refractivity contribution is 9.09. The summed E-state index contributed by atoms with van der Waals surface area (Å²) in [5.41, 5.74) is 0. The van der Waals surface area contributed by atoms with Crippen molar-refractivity contribution in [1.82, 2.24) is 5.32 Å². The SMILES string of the molecule is CCC(C)CC(C)NC(=O)CCBr. The van der Waals surface area contributed by atoms with E-state index in [1.54, 1.807) is 0 Å². The lowest BCUT2D eigenvalue weighted by Gasteiger charge is -2.17.